The largest absolute Gasteiger partial charge is 0.389 e. The molecule has 2 heterocycles. The van der Waals surface area contributed by atoms with Crippen molar-refractivity contribution in [1.82, 2.24) is 20.0 Å². The van der Waals surface area contributed by atoms with Crippen molar-refractivity contribution in [1.29, 1.82) is 0 Å². The molecule has 0 amide bonds. The highest BCUT2D eigenvalue weighted by Crippen LogP contribution is 2.11. The number of aliphatic hydroxyl groups is 1. The maximum absolute atomic E-state index is 9.81. The van der Waals surface area contributed by atoms with E-state index >= 15 is 0 Å². The van der Waals surface area contributed by atoms with E-state index in [2.05, 4.69) is 20.0 Å². The maximum atomic E-state index is 9.81. The second-order valence-corrected chi connectivity index (χ2v) is 6.10. The summed E-state index contributed by atoms with van der Waals surface area (Å²) < 4.78 is 0. The van der Waals surface area contributed by atoms with Gasteiger partial charge >= 0.3 is 0 Å². The first-order valence-corrected chi connectivity index (χ1v) is 6.95. The lowest BCUT2D eigenvalue weighted by Crippen LogP contribution is -2.50. The fourth-order valence-electron chi connectivity index (χ4n) is 2.31. The van der Waals surface area contributed by atoms with Gasteiger partial charge in [0, 0.05) is 39.3 Å². The van der Waals surface area contributed by atoms with Crippen LogP contribution in [-0.4, -0.2) is 63.4 Å². The molecule has 19 heavy (non-hydrogen) atoms. The Kier molecular flexibility index (Phi) is 4.73. The molecule has 1 aromatic rings. The van der Waals surface area contributed by atoms with Crippen LogP contribution >= 0.6 is 11.6 Å². The van der Waals surface area contributed by atoms with Crippen LogP contribution < -0.4 is 0 Å². The molecule has 106 valence electrons. The van der Waals surface area contributed by atoms with Crippen LogP contribution in [0.1, 0.15) is 19.5 Å². The lowest BCUT2D eigenvalue weighted by molar-refractivity contribution is 0.0165. The number of nitrogens with zero attached hydrogens (tertiary/aromatic N) is 4. The van der Waals surface area contributed by atoms with Crippen LogP contribution in [0.2, 0.25) is 5.15 Å². The molecule has 0 atom stereocenters. The van der Waals surface area contributed by atoms with Gasteiger partial charge in [0.1, 0.15) is 0 Å². The van der Waals surface area contributed by atoms with Gasteiger partial charge in [-0.05, 0) is 26.0 Å². The number of rotatable bonds is 4. The van der Waals surface area contributed by atoms with Crippen LogP contribution in [0, 0.1) is 0 Å². The van der Waals surface area contributed by atoms with Crippen molar-refractivity contribution in [2.45, 2.75) is 26.0 Å². The summed E-state index contributed by atoms with van der Waals surface area (Å²) in [6.45, 7) is 9.16. The Balaban J connectivity index is 1.79. The summed E-state index contributed by atoms with van der Waals surface area (Å²) in [6.07, 6.45) is 0. The van der Waals surface area contributed by atoms with Crippen LogP contribution in [0.5, 0.6) is 0 Å². The maximum Gasteiger partial charge on any atom is 0.151 e. The first-order valence-electron chi connectivity index (χ1n) is 6.57. The topological polar surface area (TPSA) is 52.5 Å². The molecule has 1 aromatic heterocycles. The third kappa shape index (κ3) is 5.03. The van der Waals surface area contributed by atoms with Crippen molar-refractivity contribution >= 4 is 11.6 Å². The summed E-state index contributed by atoms with van der Waals surface area (Å²) in [4.78, 5) is 4.64. The Morgan fingerprint density at radius 2 is 1.79 bits per heavy atom. The fourth-order valence-corrected chi connectivity index (χ4v) is 2.41. The first kappa shape index (κ1) is 14.7. The normalized spacial score (nSPS) is 18.7. The predicted octanol–water partition coefficient (Wildman–Crippen LogP) is 1.02. The smallest absolute Gasteiger partial charge is 0.151 e. The van der Waals surface area contributed by atoms with E-state index in [4.69, 9.17) is 11.6 Å². The van der Waals surface area contributed by atoms with Crippen LogP contribution in [0.15, 0.2) is 12.1 Å². The minimum absolute atomic E-state index is 0.429. The minimum Gasteiger partial charge on any atom is -0.389 e. The second kappa shape index (κ2) is 6.13. The van der Waals surface area contributed by atoms with Gasteiger partial charge in [-0.25, -0.2) is 0 Å². The first-order chi connectivity index (χ1) is 8.92. The average molecular weight is 285 g/mol. The zero-order valence-corrected chi connectivity index (χ0v) is 12.3. The molecule has 2 rings (SSSR count). The van der Waals surface area contributed by atoms with Crippen molar-refractivity contribution in [3.05, 3.63) is 23.0 Å². The van der Waals surface area contributed by atoms with Gasteiger partial charge in [-0.2, -0.15) is 5.10 Å². The number of hydrogen-bond donors (Lipinski definition) is 1. The molecule has 0 aromatic carbocycles. The molecule has 1 aliphatic rings. The monoisotopic (exact) mass is 284 g/mol. The summed E-state index contributed by atoms with van der Waals surface area (Å²) in [5.41, 5.74) is 0.324. The van der Waals surface area contributed by atoms with E-state index < -0.39 is 5.60 Å². The molecular weight excluding hydrogens is 264 g/mol. The molecule has 1 aliphatic heterocycles. The number of halogens is 1. The molecule has 0 radical (unpaired) electrons. The highest BCUT2D eigenvalue weighted by atomic mass is 35.5. The lowest BCUT2D eigenvalue weighted by atomic mass is 10.1. The number of hydrogen-bond acceptors (Lipinski definition) is 5. The lowest BCUT2D eigenvalue weighted by Gasteiger charge is -2.37. The van der Waals surface area contributed by atoms with Crippen molar-refractivity contribution in [2.75, 3.05) is 32.7 Å². The predicted molar refractivity (Wildman–Crippen MR) is 75.1 cm³/mol. The van der Waals surface area contributed by atoms with Gasteiger partial charge in [-0.3, -0.25) is 9.80 Å². The van der Waals surface area contributed by atoms with E-state index in [-0.39, 0.29) is 0 Å². The quantitative estimate of drug-likeness (QED) is 0.895. The SMILES string of the molecule is CC(C)(O)CN1CCN(Cc2ccc(Cl)nn2)CC1. The van der Waals surface area contributed by atoms with Crippen molar-refractivity contribution in [3.8, 4) is 0 Å². The van der Waals surface area contributed by atoms with Gasteiger partial charge in [0.05, 0.1) is 11.3 Å². The number of aromatic nitrogens is 2. The van der Waals surface area contributed by atoms with E-state index in [1.807, 2.05) is 19.9 Å². The zero-order chi connectivity index (χ0) is 13.9. The molecule has 1 fully saturated rings. The van der Waals surface area contributed by atoms with Crippen LogP contribution in [0.3, 0.4) is 0 Å². The molecule has 0 unspecified atom stereocenters. The van der Waals surface area contributed by atoms with Crippen molar-refractivity contribution in [3.63, 3.8) is 0 Å². The number of piperazine rings is 1. The van der Waals surface area contributed by atoms with E-state index in [0.29, 0.717) is 5.15 Å². The van der Waals surface area contributed by atoms with E-state index in [1.165, 1.54) is 0 Å². The number of β-amino-alcohol motifs (C(OH)–C–C–N with tert-alkyl or cyclic N) is 1. The Labute approximate surface area is 119 Å². The standard InChI is InChI=1S/C13H21ClN4O/c1-13(2,19)10-18-7-5-17(6-8-18)9-11-3-4-12(14)16-15-11/h3-4,19H,5-10H2,1-2H3. The third-order valence-electron chi connectivity index (χ3n) is 3.15. The Morgan fingerprint density at radius 1 is 1.16 bits per heavy atom. The molecule has 0 bridgehead atoms. The van der Waals surface area contributed by atoms with Gasteiger partial charge in [0.15, 0.2) is 5.15 Å². The molecular formula is C13H21ClN4O. The van der Waals surface area contributed by atoms with E-state index in [0.717, 1.165) is 45.0 Å². The molecule has 0 aliphatic carbocycles. The molecule has 0 saturated carbocycles. The minimum atomic E-state index is -0.621. The molecule has 0 spiro atoms. The summed E-state index contributed by atoms with van der Waals surface area (Å²) >= 11 is 5.72. The Bertz CT molecular complexity index is 396. The van der Waals surface area contributed by atoms with Gasteiger partial charge in [-0.15, -0.1) is 5.10 Å². The fraction of sp³-hybridized carbons (Fsp3) is 0.692. The van der Waals surface area contributed by atoms with E-state index in [9.17, 15) is 5.11 Å². The van der Waals surface area contributed by atoms with Gasteiger partial charge in [0.2, 0.25) is 0 Å². The van der Waals surface area contributed by atoms with E-state index in [1.54, 1.807) is 6.07 Å². The third-order valence-corrected chi connectivity index (χ3v) is 3.35. The highest BCUT2D eigenvalue weighted by molar-refractivity contribution is 6.29. The van der Waals surface area contributed by atoms with Crippen LogP contribution in [-0.2, 0) is 6.54 Å². The van der Waals surface area contributed by atoms with Gasteiger partial charge < -0.3 is 5.11 Å². The molecule has 5 nitrogen and oxygen atoms in total. The summed E-state index contributed by atoms with van der Waals surface area (Å²) in [5, 5.41) is 18.2. The molecule has 6 heteroatoms. The van der Waals surface area contributed by atoms with Gasteiger partial charge in [0.25, 0.3) is 0 Å². The van der Waals surface area contributed by atoms with Crippen LogP contribution in [0.25, 0.3) is 0 Å². The second-order valence-electron chi connectivity index (χ2n) is 5.71. The highest BCUT2D eigenvalue weighted by Gasteiger charge is 2.22. The average Bonchev–Trinajstić information content (AvgIpc) is 2.33. The van der Waals surface area contributed by atoms with Crippen molar-refractivity contribution < 1.29 is 5.11 Å². The molecule has 1 N–H and O–H groups in total. The van der Waals surface area contributed by atoms with Crippen molar-refractivity contribution in [2.24, 2.45) is 0 Å². The summed E-state index contributed by atoms with van der Waals surface area (Å²) in [7, 11) is 0. The van der Waals surface area contributed by atoms with Crippen LogP contribution in [0.4, 0.5) is 0 Å². The molecule has 1 saturated heterocycles. The summed E-state index contributed by atoms with van der Waals surface area (Å²) in [5.74, 6) is 0. The van der Waals surface area contributed by atoms with Gasteiger partial charge in [-0.1, -0.05) is 11.6 Å². The Morgan fingerprint density at radius 3 is 2.32 bits per heavy atom. The Hall–Kier alpha value is -0.750. The summed E-state index contributed by atoms with van der Waals surface area (Å²) in [6, 6.07) is 3.69. The zero-order valence-electron chi connectivity index (χ0n) is 11.5.